The van der Waals surface area contributed by atoms with E-state index in [2.05, 4.69) is 20.2 Å². The largest absolute Gasteiger partial charge is 0.352 e. The first-order chi connectivity index (χ1) is 13.6. The Balaban J connectivity index is 1.36. The molecule has 3 aromatic rings. The molecule has 0 spiro atoms. The highest BCUT2D eigenvalue weighted by Gasteiger charge is 2.23. The number of anilines is 1. The zero-order valence-electron chi connectivity index (χ0n) is 15.0. The lowest BCUT2D eigenvalue weighted by atomic mass is 10.1. The van der Waals surface area contributed by atoms with Crippen molar-refractivity contribution in [3.8, 4) is 5.82 Å². The van der Waals surface area contributed by atoms with Crippen molar-refractivity contribution in [1.29, 1.82) is 0 Å². The number of aromatic nitrogens is 4. The number of halogens is 2. The van der Waals surface area contributed by atoms with Gasteiger partial charge in [-0.15, -0.1) is 10.2 Å². The number of carbonyl (C=O) groups is 1. The Labute approximate surface area is 166 Å². The zero-order valence-corrected chi connectivity index (χ0v) is 15.8. The molecule has 1 fully saturated rings. The van der Waals surface area contributed by atoms with Crippen LogP contribution in [0.4, 0.5) is 10.2 Å². The summed E-state index contributed by atoms with van der Waals surface area (Å²) in [4.78, 5) is 16.3. The molecule has 1 aromatic carbocycles. The van der Waals surface area contributed by atoms with Crippen LogP contribution in [-0.4, -0.2) is 57.0 Å². The molecule has 0 bridgehead atoms. The molecular formula is C19H18ClFN6O. The number of hydrogen-bond acceptors (Lipinski definition) is 5. The normalized spacial score (nSPS) is 14.4. The van der Waals surface area contributed by atoms with Crippen LogP contribution in [0.3, 0.4) is 0 Å². The van der Waals surface area contributed by atoms with E-state index < -0.39 is 5.82 Å². The molecule has 2 aromatic heterocycles. The van der Waals surface area contributed by atoms with Gasteiger partial charge < -0.3 is 9.80 Å². The van der Waals surface area contributed by atoms with Crippen LogP contribution in [0.2, 0.25) is 5.02 Å². The maximum atomic E-state index is 13.9. The summed E-state index contributed by atoms with van der Waals surface area (Å²) < 4.78 is 15.6. The number of rotatable bonds is 4. The van der Waals surface area contributed by atoms with Crippen molar-refractivity contribution in [3.63, 3.8) is 0 Å². The topological polar surface area (TPSA) is 67.2 Å². The highest BCUT2D eigenvalue weighted by atomic mass is 35.5. The first-order valence-electron chi connectivity index (χ1n) is 8.91. The van der Waals surface area contributed by atoms with Gasteiger partial charge in [0, 0.05) is 49.2 Å². The Bertz CT molecular complexity index is 935. The lowest BCUT2D eigenvalue weighted by Crippen LogP contribution is -2.49. The van der Waals surface area contributed by atoms with Gasteiger partial charge in [-0.1, -0.05) is 17.7 Å². The Kier molecular flexibility index (Phi) is 5.21. The molecule has 1 aliphatic rings. The van der Waals surface area contributed by atoms with Gasteiger partial charge in [-0.25, -0.2) is 9.07 Å². The first kappa shape index (κ1) is 18.4. The first-order valence-corrected chi connectivity index (χ1v) is 9.29. The molecule has 0 unspecified atom stereocenters. The summed E-state index contributed by atoms with van der Waals surface area (Å²) in [5, 5.41) is 12.9. The third-order valence-corrected chi connectivity index (χ3v) is 5.08. The van der Waals surface area contributed by atoms with Crippen LogP contribution in [-0.2, 0) is 11.2 Å². The molecule has 1 saturated heterocycles. The summed E-state index contributed by atoms with van der Waals surface area (Å²) in [5.74, 6) is 0.809. The Hall–Kier alpha value is -3.00. The molecule has 9 heteroatoms. The van der Waals surface area contributed by atoms with Crippen LogP contribution in [0.15, 0.2) is 48.8 Å². The predicted octanol–water partition coefficient (Wildman–Crippen LogP) is 2.35. The van der Waals surface area contributed by atoms with Crippen LogP contribution in [0.1, 0.15) is 5.56 Å². The molecule has 4 rings (SSSR count). The summed E-state index contributed by atoms with van der Waals surface area (Å²) in [7, 11) is 0. The predicted molar refractivity (Wildman–Crippen MR) is 103 cm³/mol. The van der Waals surface area contributed by atoms with Crippen LogP contribution < -0.4 is 4.90 Å². The van der Waals surface area contributed by atoms with Crippen molar-refractivity contribution in [1.82, 2.24) is 24.9 Å². The maximum absolute atomic E-state index is 13.9. The summed E-state index contributed by atoms with van der Waals surface area (Å²) in [5.41, 5.74) is 0.247. The SMILES string of the molecule is O=C(Cc1c(F)cccc1Cl)N1CCN(c2ccc(-n3cccn3)nn2)CC1. The Morgan fingerprint density at radius 2 is 1.79 bits per heavy atom. The van der Waals surface area contributed by atoms with Gasteiger partial charge in [0.05, 0.1) is 6.42 Å². The second-order valence-corrected chi connectivity index (χ2v) is 6.85. The summed E-state index contributed by atoms with van der Waals surface area (Å²) >= 11 is 6.03. The zero-order chi connectivity index (χ0) is 19.5. The second-order valence-electron chi connectivity index (χ2n) is 6.45. The van der Waals surface area contributed by atoms with Gasteiger partial charge in [0.25, 0.3) is 0 Å². The lowest BCUT2D eigenvalue weighted by Gasteiger charge is -2.35. The molecule has 3 heterocycles. The number of piperazine rings is 1. The third kappa shape index (κ3) is 3.82. The molecule has 28 heavy (non-hydrogen) atoms. The second kappa shape index (κ2) is 7.93. The number of benzene rings is 1. The fraction of sp³-hybridized carbons (Fsp3) is 0.263. The highest BCUT2D eigenvalue weighted by molar-refractivity contribution is 6.31. The van der Waals surface area contributed by atoms with E-state index in [-0.39, 0.29) is 22.9 Å². The monoisotopic (exact) mass is 400 g/mol. The van der Waals surface area contributed by atoms with Crippen molar-refractivity contribution in [3.05, 3.63) is 65.2 Å². The average molecular weight is 401 g/mol. The number of nitrogens with zero attached hydrogens (tertiary/aromatic N) is 6. The number of hydrogen-bond donors (Lipinski definition) is 0. The van der Waals surface area contributed by atoms with Crippen LogP contribution >= 0.6 is 11.6 Å². The molecule has 7 nitrogen and oxygen atoms in total. The minimum atomic E-state index is -0.452. The van der Waals surface area contributed by atoms with Crippen LogP contribution in [0.5, 0.6) is 0 Å². The summed E-state index contributed by atoms with van der Waals surface area (Å²) in [6, 6.07) is 10.0. The number of amides is 1. The van der Waals surface area contributed by atoms with Gasteiger partial charge in [0.15, 0.2) is 11.6 Å². The Morgan fingerprint density at radius 1 is 1.04 bits per heavy atom. The van der Waals surface area contributed by atoms with E-state index in [1.165, 1.54) is 12.1 Å². The lowest BCUT2D eigenvalue weighted by molar-refractivity contribution is -0.130. The Morgan fingerprint density at radius 3 is 2.43 bits per heavy atom. The van der Waals surface area contributed by atoms with E-state index in [0.29, 0.717) is 32.0 Å². The summed E-state index contributed by atoms with van der Waals surface area (Å²) in [6.45, 7) is 2.33. The highest BCUT2D eigenvalue weighted by Crippen LogP contribution is 2.21. The van der Waals surface area contributed by atoms with Crippen molar-refractivity contribution < 1.29 is 9.18 Å². The van der Waals surface area contributed by atoms with Crippen molar-refractivity contribution in [2.45, 2.75) is 6.42 Å². The van der Waals surface area contributed by atoms with E-state index in [4.69, 9.17) is 11.6 Å². The van der Waals surface area contributed by atoms with Crippen LogP contribution in [0, 0.1) is 5.82 Å². The van der Waals surface area contributed by atoms with Gasteiger partial charge >= 0.3 is 0 Å². The van der Waals surface area contributed by atoms with E-state index in [1.54, 1.807) is 28.0 Å². The fourth-order valence-corrected chi connectivity index (χ4v) is 3.39. The van der Waals surface area contributed by atoms with Gasteiger partial charge in [-0.2, -0.15) is 5.10 Å². The quantitative estimate of drug-likeness (QED) is 0.672. The van der Waals surface area contributed by atoms with Crippen molar-refractivity contribution in [2.75, 3.05) is 31.1 Å². The van der Waals surface area contributed by atoms with E-state index in [1.807, 2.05) is 18.2 Å². The average Bonchev–Trinajstić information content (AvgIpc) is 3.26. The van der Waals surface area contributed by atoms with E-state index in [9.17, 15) is 9.18 Å². The van der Waals surface area contributed by atoms with Gasteiger partial charge in [-0.3, -0.25) is 4.79 Å². The molecule has 0 N–H and O–H groups in total. The van der Waals surface area contributed by atoms with E-state index >= 15 is 0 Å². The van der Waals surface area contributed by atoms with Crippen molar-refractivity contribution >= 4 is 23.3 Å². The molecule has 0 atom stereocenters. The van der Waals surface area contributed by atoms with E-state index in [0.717, 1.165) is 5.82 Å². The molecule has 144 valence electrons. The standard InChI is InChI=1S/C19H18ClFN6O/c20-15-3-1-4-16(21)14(15)13-19(28)26-11-9-25(10-12-26)17-5-6-18(24-23-17)27-8-2-7-22-27/h1-8H,9-13H2. The maximum Gasteiger partial charge on any atom is 0.227 e. The van der Waals surface area contributed by atoms with Crippen LogP contribution in [0.25, 0.3) is 5.82 Å². The van der Waals surface area contributed by atoms with Gasteiger partial charge in [0.2, 0.25) is 5.91 Å². The molecule has 0 aliphatic carbocycles. The minimum absolute atomic E-state index is 0.0378. The molecule has 0 radical (unpaired) electrons. The number of carbonyl (C=O) groups excluding carboxylic acids is 1. The fourth-order valence-electron chi connectivity index (χ4n) is 3.16. The molecule has 1 aliphatic heterocycles. The molecule has 1 amide bonds. The molecular weight excluding hydrogens is 383 g/mol. The smallest absolute Gasteiger partial charge is 0.227 e. The molecule has 0 saturated carbocycles. The third-order valence-electron chi connectivity index (χ3n) is 4.72. The van der Waals surface area contributed by atoms with Crippen molar-refractivity contribution in [2.24, 2.45) is 0 Å². The van der Waals surface area contributed by atoms with Gasteiger partial charge in [0.1, 0.15) is 5.82 Å². The summed E-state index contributed by atoms with van der Waals surface area (Å²) in [6.07, 6.45) is 3.44. The minimum Gasteiger partial charge on any atom is -0.352 e. The van der Waals surface area contributed by atoms with Gasteiger partial charge in [-0.05, 0) is 30.3 Å².